The van der Waals surface area contributed by atoms with Gasteiger partial charge in [0.1, 0.15) is 6.61 Å². The van der Waals surface area contributed by atoms with E-state index < -0.39 is 0 Å². The first-order valence-electron chi connectivity index (χ1n) is 8.36. The average molecular weight is 584 g/mol. The monoisotopic (exact) mass is 583 g/mol. The summed E-state index contributed by atoms with van der Waals surface area (Å²) < 4.78 is 12.8. The molecule has 1 fully saturated rings. The fraction of sp³-hybridized carbons (Fsp3) is 0.143. The zero-order chi connectivity index (χ0) is 21.0. The first kappa shape index (κ1) is 21.7. The number of thioether (sulfide) groups is 1. The Balaban J connectivity index is 1.92. The molecule has 2 amide bonds. The van der Waals surface area contributed by atoms with Crippen LogP contribution in [0.1, 0.15) is 11.1 Å². The number of ether oxygens (including phenoxy) is 2. The van der Waals surface area contributed by atoms with Crippen molar-refractivity contribution in [2.24, 2.45) is 0 Å². The Morgan fingerprint density at radius 1 is 1.28 bits per heavy atom. The third kappa shape index (κ3) is 5.15. The molecule has 0 aliphatic carbocycles. The quantitative estimate of drug-likeness (QED) is 0.262. The normalized spacial score (nSPS) is 15.0. The molecule has 0 spiro atoms. The summed E-state index contributed by atoms with van der Waals surface area (Å²) in [6.07, 6.45) is 6.92. The number of terminal acetylenes is 1. The van der Waals surface area contributed by atoms with Crippen LogP contribution in [0.4, 0.5) is 4.79 Å². The summed E-state index contributed by atoms with van der Waals surface area (Å²) in [5, 5.41) is -0.312. The second kappa shape index (κ2) is 9.69. The van der Waals surface area contributed by atoms with Crippen LogP contribution in [-0.2, 0) is 11.3 Å². The van der Waals surface area contributed by atoms with Crippen LogP contribution in [0.25, 0.3) is 6.08 Å². The summed E-state index contributed by atoms with van der Waals surface area (Å²) in [6.45, 7) is 0.272. The minimum absolute atomic E-state index is 0.0487. The maximum absolute atomic E-state index is 12.9. The van der Waals surface area contributed by atoms with E-state index in [1.807, 2.05) is 24.3 Å². The van der Waals surface area contributed by atoms with Crippen LogP contribution >= 0.6 is 50.3 Å². The van der Waals surface area contributed by atoms with Crippen LogP contribution in [0, 0.1) is 15.9 Å². The molecule has 5 nitrogen and oxygen atoms in total. The van der Waals surface area contributed by atoms with Gasteiger partial charge in [0, 0.05) is 13.6 Å². The fourth-order valence-corrected chi connectivity index (χ4v) is 4.31. The number of imide groups is 1. The van der Waals surface area contributed by atoms with Gasteiger partial charge in [0.05, 0.1) is 18.6 Å². The Morgan fingerprint density at radius 3 is 2.66 bits per heavy atom. The summed E-state index contributed by atoms with van der Waals surface area (Å²) >= 11 is 6.52. The van der Waals surface area contributed by atoms with Crippen molar-refractivity contribution in [1.29, 1.82) is 0 Å². The van der Waals surface area contributed by atoms with Gasteiger partial charge >= 0.3 is 0 Å². The maximum Gasteiger partial charge on any atom is 0.293 e. The standard InChI is InChI=1S/C21H15BrINO4S/c1-3-8-28-19-14(9-15(22)11-17(19)27-2)10-18-20(25)24(21(26)29-18)12-13-4-6-16(23)7-5-13/h1,4-7,9-11H,8,12H2,2H3/b18-10-. The average Bonchev–Trinajstić information content (AvgIpc) is 2.95. The van der Waals surface area contributed by atoms with Crippen molar-refractivity contribution >= 4 is 67.5 Å². The lowest BCUT2D eigenvalue weighted by atomic mass is 10.1. The predicted octanol–water partition coefficient (Wildman–Crippen LogP) is 5.31. The number of rotatable bonds is 6. The lowest BCUT2D eigenvalue weighted by Crippen LogP contribution is -2.27. The molecule has 0 atom stereocenters. The number of methoxy groups -OCH3 is 1. The van der Waals surface area contributed by atoms with Gasteiger partial charge in [-0.2, -0.15) is 0 Å². The SMILES string of the molecule is C#CCOc1c(/C=C2\SC(=O)N(Cc3ccc(I)cc3)C2=O)cc(Br)cc1OC. The topological polar surface area (TPSA) is 55.8 Å². The van der Waals surface area contributed by atoms with Gasteiger partial charge in [-0.15, -0.1) is 6.42 Å². The van der Waals surface area contributed by atoms with E-state index in [0.717, 1.165) is 25.4 Å². The largest absolute Gasteiger partial charge is 0.493 e. The Morgan fingerprint density at radius 2 is 2.00 bits per heavy atom. The molecule has 0 radical (unpaired) electrons. The molecular weight excluding hydrogens is 569 g/mol. The molecule has 2 aromatic carbocycles. The number of hydrogen-bond donors (Lipinski definition) is 0. The molecule has 3 rings (SSSR count). The molecule has 0 N–H and O–H groups in total. The van der Waals surface area contributed by atoms with Crippen molar-refractivity contribution in [3.05, 3.63) is 60.5 Å². The second-order valence-electron chi connectivity index (χ2n) is 5.91. The smallest absolute Gasteiger partial charge is 0.293 e. The van der Waals surface area contributed by atoms with Crippen molar-refractivity contribution in [3.63, 3.8) is 0 Å². The van der Waals surface area contributed by atoms with E-state index in [-0.39, 0.29) is 24.3 Å². The number of carbonyl (C=O) groups is 2. The number of carbonyl (C=O) groups excluding carboxylic acids is 2. The van der Waals surface area contributed by atoms with Gasteiger partial charge in [0.15, 0.2) is 11.5 Å². The minimum Gasteiger partial charge on any atom is -0.493 e. The molecule has 0 saturated carbocycles. The van der Waals surface area contributed by atoms with Crippen LogP contribution in [0.15, 0.2) is 45.8 Å². The third-order valence-electron chi connectivity index (χ3n) is 3.98. The summed E-state index contributed by atoms with van der Waals surface area (Å²) in [7, 11) is 1.52. The zero-order valence-corrected chi connectivity index (χ0v) is 19.8. The first-order valence-corrected chi connectivity index (χ1v) is 11.1. The highest BCUT2D eigenvalue weighted by atomic mass is 127. The lowest BCUT2D eigenvalue weighted by Gasteiger charge is -2.13. The molecule has 0 bridgehead atoms. The number of benzene rings is 2. The maximum atomic E-state index is 12.9. The summed E-state index contributed by atoms with van der Waals surface area (Å²) in [5.74, 6) is 2.95. The van der Waals surface area contributed by atoms with E-state index in [2.05, 4.69) is 44.4 Å². The van der Waals surface area contributed by atoms with Gasteiger partial charge in [0.25, 0.3) is 11.1 Å². The zero-order valence-electron chi connectivity index (χ0n) is 15.3. The Bertz CT molecular complexity index is 1030. The highest BCUT2D eigenvalue weighted by Gasteiger charge is 2.35. The Hall–Kier alpha value is -1.96. The van der Waals surface area contributed by atoms with Gasteiger partial charge in [-0.25, -0.2) is 0 Å². The molecule has 1 aliphatic rings. The summed E-state index contributed by atoms with van der Waals surface area (Å²) in [6, 6.07) is 11.2. The fourth-order valence-electron chi connectivity index (χ4n) is 2.67. The van der Waals surface area contributed by atoms with Gasteiger partial charge in [-0.1, -0.05) is 34.0 Å². The van der Waals surface area contributed by atoms with E-state index in [4.69, 9.17) is 15.9 Å². The van der Waals surface area contributed by atoms with E-state index >= 15 is 0 Å². The molecule has 0 aromatic heterocycles. The Kier molecular flexibility index (Phi) is 7.27. The van der Waals surface area contributed by atoms with E-state index in [1.54, 1.807) is 18.2 Å². The van der Waals surface area contributed by atoms with Gasteiger partial charge in [0.2, 0.25) is 0 Å². The first-order chi connectivity index (χ1) is 13.9. The molecule has 1 heterocycles. The third-order valence-corrected chi connectivity index (χ3v) is 6.07. The predicted molar refractivity (Wildman–Crippen MR) is 126 cm³/mol. The van der Waals surface area contributed by atoms with Crippen molar-refractivity contribution in [2.45, 2.75) is 6.54 Å². The van der Waals surface area contributed by atoms with Crippen molar-refractivity contribution in [3.8, 4) is 23.8 Å². The lowest BCUT2D eigenvalue weighted by molar-refractivity contribution is -0.123. The molecule has 8 heteroatoms. The van der Waals surface area contributed by atoms with Gasteiger partial charge in [-0.3, -0.25) is 14.5 Å². The van der Waals surface area contributed by atoms with Crippen LogP contribution < -0.4 is 9.47 Å². The Labute approximate surface area is 195 Å². The van der Waals surface area contributed by atoms with Crippen LogP contribution in [0.3, 0.4) is 0 Å². The van der Waals surface area contributed by atoms with Gasteiger partial charge in [-0.05, 0) is 70.3 Å². The number of nitrogens with zero attached hydrogens (tertiary/aromatic N) is 1. The highest BCUT2D eigenvalue weighted by molar-refractivity contribution is 14.1. The number of hydrogen-bond acceptors (Lipinski definition) is 5. The number of amides is 2. The van der Waals surface area contributed by atoms with E-state index in [0.29, 0.717) is 22.0 Å². The summed E-state index contributed by atoms with van der Waals surface area (Å²) in [4.78, 5) is 26.8. The second-order valence-corrected chi connectivity index (χ2v) is 9.07. The van der Waals surface area contributed by atoms with Crippen LogP contribution in [-0.4, -0.2) is 29.8 Å². The van der Waals surface area contributed by atoms with Crippen molar-refractivity contribution in [1.82, 2.24) is 4.90 Å². The molecule has 2 aromatic rings. The molecule has 1 aliphatic heterocycles. The molecule has 1 saturated heterocycles. The molecular formula is C21H15BrINO4S. The van der Waals surface area contributed by atoms with Crippen molar-refractivity contribution in [2.75, 3.05) is 13.7 Å². The molecule has 148 valence electrons. The molecule has 29 heavy (non-hydrogen) atoms. The highest BCUT2D eigenvalue weighted by Crippen LogP contribution is 2.39. The summed E-state index contributed by atoms with van der Waals surface area (Å²) in [5.41, 5.74) is 1.47. The van der Waals surface area contributed by atoms with Gasteiger partial charge < -0.3 is 9.47 Å². The number of halogens is 2. The van der Waals surface area contributed by atoms with Crippen LogP contribution in [0.2, 0.25) is 0 Å². The minimum atomic E-state index is -0.347. The van der Waals surface area contributed by atoms with E-state index in [1.165, 1.54) is 12.0 Å². The van der Waals surface area contributed by atoms with E-state index in [9.17, 15) is 9.59 Å². The molecule has 0 unspecified atom stereocenters. The van der Waals surface area contributed by atoms with Crippen LogP contribution in [0.5, 0.6) is 11.5 Å². The van der Waals surface area contributed by atoms with Crippen molar-refractivity contribution < 1.29 is 19.1 Å².